The summed E-state index contributed by atoms with van der Waals surface area (Å²) in [6.07, 6.45) is 0.535. The molecule has 1 atom stereocenters. The number of rotatable bonds is 9. The van der Waals surface area contributed by atoms with Crippen LogP contribution in [0.25, 0.3) is 0 Å². The molecule has 308 valence electrons. The quantitative estimate of drug-likeness (QED) is 0.0805. The summed E-state index contributed by atoms with van der Waals surface area (Å²) in [6.45, 7) is 0. The molecule has 0 amide bonds. The number of nitrogen functional groups attached to an aromatic ring is 2. The minimum atomic E-state index is -0.367. The van der Waals surface area contributed by atoms with Gasteiger partial charge in [0.15, 0.2) is 6.29 Å². The third kappa shape index (κ3) is 12.4. The summed E-state index contributed by atoms with van der Waals surface area (Å²) >= 11 is 5.64. The number of hydrogen-bond donors (Lipinski definition) is 4. The van der Waals surface area contributed by atoms with E-state index < -0.39 is 0 Å². The number of aromatic nitrogens is 1. The molecule has 0 bridgehead atoms. The Bertz CT molecular complexity index is 2300. The van der Waals surface area contributed by atoms with Gasteiger partial charge >= 0.3 is 0 Å². The topological polar surface area (TPSA) is 238 Å². The van der Waals surface area contributed by atoms with Gasteiger partial charge in [-0.25, -0.2) is 0 Å². The lowest BCUT2D eigenvalue weighted by Gasteiger charge is -2.30. The predicted molar refractivity (Wildman–Crippen MR) is 228 cm³/mol. The number of thioether (sulfide) groups is 1. The number of nitriles is 3. The van der Waals surface area contributed by atoms with E-state index in [1.165, 1.54) is 38.1 Å². The first-order valence-electron chi connectivity index (χ1n) is 16.7. The lowest BCUT2D eigenvalue weighted by atomic mass is 9.97. The van der Waals surface area contributed by atoms with E-state index in [0.717, 1.165) is 26.9 Å². The van der Waals surface area contributed by atoms with Crippen molar-refractivity contribution in [3.05, 3.63) is 95.1 Å². The number of methoxy groups -OCH3 is 6. The second-order valence-electron chi connectivity index (χ2n) is 11.2. The Hall–Kier alpha value is -7.13. The first kappa shape index (κ1) is 48.0. The van der Waals surface area contributed by atoms with Crippen molar-refractivity contribution in [1.29, 1.82) is 15.8 Å². The van der Waals surface area contributed by atoms with Gasteiger partial charge in [-0.1, -0.05) is 7.43 Å². The molecule has 5 aromatic rings. The van der Waals surface area contributed by atoms with Gasteiger partial charge in [0, 0.05) is 34.1 Å². The van der Waals surface area contributed by atoms with Crippen LogP contribution >= 0.6 is 24.4 Å². The zero-order valence-electron chi connectivity index (χ0n) is 32.3. The smallest absolute Gasteiger partial charge is 0.228 e. The average Bonchev–Trinajstić information content (AvgIpc) is 3.24. The lowest BCUT2D eigenvalue weighted by Crippen LogP contribution is -2.15. The van der Waals surface area contributed by atoms with Crippen LogP contribution in [0.15, 0.2) is 82.6 Å². The number of pyridine rings is 1. The van der Waals surface area contributed by atoms with Crippen LogP contribution in [0.4, 0.5) is 11.5 Å². The molecule has 1 aliphatic rings. The molecule has 59 heavy (non-hydrogen) atoms. The zero-order chi connectivity index (χ0) is 42.8. The van der Waals surface area contributed by atoms with Crippen LogP contribution in [0.3, 0.4) is 0 Å². The van der Waals surface area contributed by atoms with Crippen molar-refractivity contribution in [2.24, 2.45) is 0 Å². The average molecular weight is 841 g/mol. The van der Waals surface area contributed by atoms with Gasteiger partial charge in [-0.05, 0) is 48.5 Å². The summed E-state index contributed by atoms with van der Waals surface area (Å²) in [4.78, 5) is 16.7. The number of thiol groups is 1. The Labute approximate surface area is 353 Å². The monoisotopic (exact) mass is 840 g/mol. The molecule has 0 aliphatic carbocycles. The number of nitrogens with two attached hydrogens (primary N) is 2. The number of aromatic hydroxyl groups is 1. The Balaban J connectivity index is 0.000000350. The van der Waals surface area contributed by atoms with E-state index in [1.54, 1.807) is 52.7 Å². The zero-order valence-corrected chi connectivity index (χ0v) is 34.0. The molecular weight excluding hydrogens is 797 g/mol. The summed E-state index contributed by atoms with van der Waals surface area (Å²) in [5, 5.41) is 33.7. The van der Waals surface area contributed by atoms with Gasteiger partial charge in [0.05, 0.1) is 82.4 Å². The standard InChI is InChI=1S/C22H20N4O4S.C9H10O4.C7H8OS.C3H2N2.CH4/c1-27-11-4-6-13(7-5-11)31-20-17-15(29-3)8-12(28-2)9-16(17)30-22-18(20)19(24)14(10-23)21(25)26-22;1-12-6-3-8(11)7(5-10)9(4-6)13-2;1-8-6-2-4-7(9)5-3-6;4-2-1-3-5;/h4-9,20H,1-3H3,(H4,24,25,26);3-5,11H,1-2H3;2-5,9H,1H3;1H2;1H4. The van der Waals surface area contributed by atoms with Crippen LogP contribution in [0.2, 0.25) is 0 Å². The van der Waals surface area contributed by atoms with Crippen molar-refractivity contribution < 1.29 is 43.1 Å². The molecule has 2 heterocycles. The SMILES string of the molecule is C.COc1cc(O)c(C=O)c(OC)c1.COc1ccc(S)cc1.COc1ccc(SC2c3c(OC)cc(OC)cc3Oc3nc(N)c(C#N)c(N)c32)cc1.N#CCC#N. The first-order valence-corrected chi connectivity index (χ1v) is 18.0. The summed E-state index contributed by atoms with van der Waals surface area (Å²) in [6, 6.07) is 26.9. The Morgan fingerprint density at radius 1 is 0.780 bits per heavy atom. The van der Waals surface area contributed by atoms with Crippen LogP contribution in [-0.4, -0.2) is 59.0 Å². The number of ether oxygens (including phenoxy) is 7. The summed E-state index contributed by atoms with van der Waals surface area (Å²) in [5.41, 5.74) is 14.2. The fourth-order valence-electron chi connectivity index (χ4n) is 5.04. The second-order valence-corrected chi connectivity index (χ2v) is 12.9. The van der Waals surface area contributed by atoms with Crippen molar-refractivity contribution in [2.45, 2.75) is 28.9 Å². The maximum atomic E-state index is 10.5. The van der Waals surface area contributed by atoms with Gasteiger partial charge in [-0.3, -0.25) is 4.79 Å². The maximum Gasteiger partial charge on any atom is 0.228 e. The number of phenols is 1. The van der Waals surface area contributed by atoms with E-state index in [1.807, 2.05) is 54.6 Å². The van der Waals surface area contributed by atoms with Crippen molar-refractivity contribution in [1.82, 2.24) is 4.98 Å². The molecule has 6 rings (SSSR count). The van der Waals surface area contributed by atoms with E-state index >= 15 is 0 Å². The fourth-order valence-corrected chi connectivity index (χ4v) is 6.45. The summed E-state index contributed by atoms with van der Waals surface area (Å²) in [7, 11) is 9.29. The van der Waals surface area contributed by atoms with Crippen molar-refractivity contribution in [3.63, 3.8) is 0 Å². The number of fused-ring (bicyclic) bond motifs is 2. The minimum absolute atomic E-state index is 0. The second kappa shape index (κ2) is 23.8. The highest BCUT2D eigenvalue weighted by Gasteiger charge is 2.36. The van der Waals surface area contributed by atoms with E-state index in [4.69, 9.17) is 55.1 Å². The van der Waals surface area contributed by atoms with Crippen LogP contribution in [0, 0.1) is 34.0 Å². The van der Waals surface area contributed by atoms with Crippen LogP contribution in [-0.2, 0) is 0 Å². The van der Waals surface area contributed by atoms with Gasteiger partial charge in [0.25, 0.3) is 0 Å². The van der Waals surface area contributed by atoms with Crippen molar-refractivity contribution >= 4 is 42.2 Å². The molecule has 1 aliphatic heterocycles. The molecule has 0 fully saturated rings. The number of hydrogen-bond acceptors (Lipinski definition) is 17. The largest absolute Gasteiger partial charge is 0.507 e. The lowest BCUT2D eigenvalue weighted by molar-refractivity contribution is 0.111. The van der Waals surface area contributed by atoms with E-state index in [-0.39, 0.29) is 53.4 Å². The number of benzene rings is 4. The Morgan fingerprint density at radius 2 is 1.31 bits per heavy atom. The molecular formula is C42H44N6O9S2. The van der Waals surface area contributed by atoms with E-state index in [9.17, 15) is 15.2 Å². The minimum Gasteiger partial charge on any atom is -0.507 e. The van der Waals surface area contributed by atoms with Gasteiger partial charge < -0.3 is 49.7 Å². The van der Waals surface area contributed by atoms with Crippen LogP contribution in [0.5, 0.6) is 51.9 Å². The number of anilines is 2. The number of aldehydes is 1. The fraction of sp³-hybridized carbons (Fsp3) is 0.214. The molecule has 1 unspecified atom stereocenters. The highest BCUT2D eigenvalue weighted by Crippen LogP contribution is 2.57. The van der Waals surface area contributed by atoms with Gasteiger partial charge in [-0.15, -0.1) is 24.4 Å². The Morgan fingerprint density at radius 3 is 1.78 bits per heavy atom. The van der Waals surface area contributed by atoms with Gasteiger partial charge in [0.1, 0.15) is 69.9 Å². The molecule has 0 radical (unpaired) electrons. The number of nitrogens with zero attached hydrogens (tertiary/aromatic N) is 4. The predicted octanol–water partition coefficient (Wildman–Crippen LogP) is 8.40. The molecule has 0 saturated heterocycles. The summed E-state index contributed by atoms with van der Waals surface area (Å²) < 4.78 is 37.0. The molecule has 17 heteroatoms. The van der Waals surface area contributed by atoms with E-state index in [0.29, 0.717) is 40.6 Å². The highest BCUT2D eigenvalue weighted by molar-refractivity contribution is 7.99. The first-order chi connectivity index (χ1) is 28.0. The van der Waals surface area contributed by atoms with Gasteiger partial charge in [0.2, 0.25) is 5.88 Å². The number of phenolic OH excluding ortho intramolecular Hbond substituents is 1. The molecule has 5 N–H and O–H groups in total. The summed E-state index contributed by atoms with van der Waals surface area (Å²) in [5.74, 6) is 4.15. The van der Waals surface area contributed by atoms with Crippen molar-refractivity contribution in [3.8, 4) is 70.1 Å². The van der Waals surface area contributed by atoms with Crippen LogP contribution < -0.4 is 44.6 Å². The molecule has 15 nitrogen and oxygen atoms in total. The number of carbonyl (C=O) groups excluding carboxylic acids is 1. The van der Waals surface area contributed by atoms with Crippen LogP contribution in [0.1, 0.15) is 46.1 Å². The third-order valence-corrected chi connectivity index (χ3v) is 9.40. The normalized spacial score (nSPS) is 11.2. The van der Waals surface area contributed by atoms with Crippen molar-refractivity contribution in [2.75, 3.05) is 54.1 Å². The molecule has 0 spiro atoms. The van der Waals surface area contributed by atoms with Gasteiger partial charge in [-0.2, -0.15) is 20.8 Å². The molecule has 4 aromatic carbocycles. The number of carbonyl (C=O) groups is 1. The third-order valence-electron chi connectivity index (χ3n) is 7.86. The highest BCUT2D eigenvalue weighted by atomic mass is 32.2. The van der Waals surface area contributed by atoms with E-state index in [2.05, 4.69) is 17.6 Å². The molecule has 1 aromatic heterocycles. The maximum absolute atomic E-state index is 10.5. The Kier molecular flexibility index (Phi) is 19.4. The molecule has 0 saturated carbocycles.